The van der Waals surface area contributed by atoms with Gasteiger partial charge in [0, 0.05) is 19.8 Å². The number of benzene rings is 3. The lowest BCUT2D eigenvalue weighted by molar-refractivity contribution is -0.126. The topological polar surface area (TPSA) is 90.4 Å². The molecular formula is C26H23N3O5. The third kappa shape index (κ3) is 3.48. The van der Waals surface area contributed by atoms with E-state index in [-0.39, 0.29) is 11.5 Å². The molecule has 0 aromatic heterocycles. The Balaban J connectivity index is 1.54. The molecular weight excluding hydrogens is 434 g/mol. The van der Waals surface area contributed by atoms with Crippen molar-refractivity contribution in [1.29, 1.82) is 0 Å². The Morgan fingerprint density at radius 1 is 0.853 bits per heavy atom. The van der Waals surface area contributed by atoms with E-state index in [9.17, 15) is 14.4 Å². The van der Waals surface area contributed by atoms with E-state index in [2.05, 4.69) is 0 Å². The van der Waals surface area contributed by atoms with E-state index in [4.69, 9.17) is 9.94 Å². The zero-order valence-corrected chi connectivity index (χ0v) is 18.7. The molecule has 0 radical (unpaired) electrons. The molecule has 0 saturated carbocycles. The van der Waals surface area contributed by atoms with Crippen molar-refractivity contribution in [3.63, 3.8) is 0 Å². The minimum absolute atomic E-state index is 0.0772. The van der Waals surface area contributed by atoms with Crippen molar-refractivity contribution in [2.75, 3.05) is 29.0 Å². The van der Waals surface area contributed by atoms with Gasteiger partial charge in [-0.05, 0) is 54.1 Å². The largest absolute Gasteiger partial charge is 0.478 e. The summed E-state index contributed by atoms with van der Waals surface area (Å²) in [6.07, 6.45) is -0.981. The molecule has 3 aromatic rings. The molecule has 2 amide bonds. The Morgan fingerprint density at radius 2 is 1.50 bits per heavy atom. The van der Waals surface area contributed by atoms with Crippen molar-refractivity contribution in [2.24, 2.45) is 5.92 Å². The summed E-state index contributed by atoms with van der Waals surface area (Å²) < 4.78 is 0. The molecule has 0 bridgehead atoms. The molecule has 2 fully saturated rings. The van der Waals surface area contributed by atoms with Gasteiger partial charge in [0.05, 0.1) is 23.0 Å². The number of fused-ring (bicyclic) bond motifs is 1. The van der Waals surface area contributed by atoms with Crippen LogP contribution in [0.5, 0.6) is 0 Å². The SMILES string of the molecule is CN(C)c1ccc([C@@H]2[C@@H]3C(=O)N(c4ccc(C(=O)O)cc4)C(=O)[C@H]3ON2c2ccccc2)cc1. The molecule has 0 unspecified atom stereocenters. The van der Waals surface area contributed by atoms with Gasteiger partial charge >= 0.3 is 5.97 Å². The van der Waals surface area contributed by atoms with Crippen LogP contribution in [0.3, 0.4) is 0 Å². The number of para-hydroxylation sites is 1. The van der Waals surface area contributed by atoms with Gasteiger partial charge in [-0.3, -0.25) is 14.4 Å². The predicted molar refractivity (Wildman–Crippen MR) is 127 cm³/mol. The number of amides is 2. The van der Waals surface area contributed by atoms with Gasteiger partial charge in [0.25, 0.3) is 5.91 Å². The average Bonchev–Trinajstić information content (AvgIpc) is 3.35. The molecule has 2 saturated heterocycles. The smallest absolute Gasteiger partial charge is 0.335 e. The van der Waals surface area contributed by atoms with Crippen LogP contribution in [0.4, 0.5) is 17.1 Å². The molecule has 34 heavy (non-hydrogen) atoms. The van der Waals surface area contributed by atoms with Gasteiger partial charge in [0.2, 0.25) is 5.91 Å². The molecule has 5 rings (SSSR count). The van der Waals surface area contributed by atoms with E-state index < -0.39 is 29.9 Å². The van der Waals surface area contributed by atoms with Gasteiger partial charge in [-0.1, -0.05) is 30.3 Å². The maximum atomic E-state index is 13.6. The average molecular weight is 457 g/mol. The number of nitrogens with zero attached hydrogens (tertiary/aromatic N) is 3. The van der Waals surface area contributed by atoms with Gasteiger partial charge in [-0.2, -0.15) is 0 Å². The first-order valence-corrected chi connectivity index (χ1v) is 10.9. The summed E-state index contributed by atoms with van der Waals surface area (Å²) in [6, 6.07) is 22.4. The normalized spacial score (nSPS) is 21.6. The number of carbonyl (C=O) groups is 3. The Kier molecular flexibility index (Phi) is 5.30. The lowest BCUT2D eigenvalue weighted by Crippen LogP contribution is -2.37. The van der Waals surface area contributed by atoms with E-state index >= 15 is 0 Å². The lowest BCUT2D eigenvalue weighted by Gasteiger charge is -2.29. The van der Waals surface area contributed by atoms with Gasteiger partial charge in [0.15, 0.2) is 6.10 Å². The van der Waals surface area contributed by atoms with Crippen LogP contribution in [-0.2, 0) is 14.4 Å². The molecule has 8 nitrogen and oxygen atoms in total. The van der Waals surface area contributed by atoms with Crippen LogP contribution in [0.15, 0.2) is 78.9 Å². The second-order valence-corrected chi connectivity index (χ2v) is 8.51. The summed E-state index contributed by atoms with van der Waals surface area (Å²) in [4.78, 5) is 47.4. The number of aromatic carboxylic acids is 1. The Bertz CT molecular complexity index is 1240. The molecule has 2 aliphatic heterocycles. The number of hydrogen-bond donors (Lipinski definition) is 1. The first-order valence-electron chi connectivity index (χ1n) is 10.9. The van der Waals surface area contributed by atoms with E-state index in [1.807, 2.05) is 73.6 Å². The zero-order valence-electron chi connectivity index (χ0n) is 18.7. The van der Waals surface area contributed by atoms with E-state index in [1.165, 1.54) is 24.3 Å². The minimum atomic E-state index is -1.08. The Labute approximate surface area is 196 Å². The number of anilines is 3. The maximum absolute atomic E-state index is 13.6. The summed E-state index contributed by atoms with van der Waals surface area (Å²) >= 11 is 0. The van der Waals surface area contributed by atoms with Crippen LogP contribution < -0.4 is 14.9 Å². The number of carboxylic acids is 1. The summed E-state index contributed by atoms with van der Waals surface area (Å²) in [5.74, 6) is -2.67. The van der Waals surface area contributed by atoms with Crippen LogP contribution in [0.25, 0.3) is 0 Å². The third-order valence-electron chi connectivity index (χ3n) is 6.25. The van der Waals surface area contributed by atoms with E-state index in [0.29, 0.717) is 5.69 Å². The fourth-order valence-electron chi connectivity index (χ4n) is 4.53. The van der Waals surface area contributed by atoms with Crippen LogP contribution in [0.2, 0.25) is 0 Å². The van der Waals surface area contributed by atoms with Crippen LogP contribution in [0, 0.1) is 5.92 Å². The van der Waals surface area contributed by atoms with Gasteiger partial charge in [-0.15, -0.1) is 0 Å². The number of hydroxylamine groups is 1. The highest BCUT2D eigenvalue weighted by molar-refractivity contribution is 6.24. The van der Waals surface area contributed by atoms with Crippen molar-refractivity contribution >= 4 is 34.8 Å². The predicted octanol–water partition coefficient (Wildman–Crippen LogP) is 3.50. The summed E-state index contributed by atoms with van der Waals surface area (Å²) in [5.41, 5.74) is 3.02. The van der Waals surface area contributed by atoms with Crippen molar-refractivity contribution in [3.05, 3.63) is 90.0 Å². The Hall–Kier alpha value is -4.17. The first-order chi connectivity index (χ1) is 16.4. The van der Waals surface area contributed by atoms with Crippen LogP contribution in [-0.4, -0.2) is 43.1 Å². The number of carbonyl (C=O) groups excluding carboxylic acids is 2. The fraction of sp³-hybridized carbons (Fsp3) is 0.192. The van der Waals surface area contributed by atoms with Crippen LogP contribution >= 0.6 is 0 Å². The van der Waals surface area contributed by atoms with Crippen molar-refractivity contribution < 1.29 is 24.3 Å². The summed E-state index contributed by atoms with van der Waals surface area (Å²) in [7, 11) is 3.90. The second kappa shape index (κ2) is 8.31. The monoisotopic (exact) mass is 457 g/mol. The molecule has 1 N–H and O–H groups in total. The number of rotatable bonds is 5. The molecule has 0 aliphatic carbocycles. The molecule has 0 spiro atoms. The van der Waals surface area contributed by atoms with Gasteiger partial charge < -0.3 is 10.0 Å². The van der Waals surface area contributed by atoms with Crippen LogP contribution in [0.1, 0.15) is 22.0 Å². The first kappa shape index (κ1) is 21.7. The van der Waals surface area contributed by atoms with Gasteiger partial charge in [0.1, 0.15) is 5.92 Å². The summed E-state index contributed by atoms with van der Waals surface area (Å²) in [6.45, 7) is 0. The lowest BCUT2D eigenvalue weighted by atomic mass is 9.90. The molecule has 172 valence electrons. The number of carboxylic acid groups (broad SMARTS) is 1. The second-order valence-electron chi connectivity index (χ2n) is 8.51. The molecule has 8 heteroatoms. The van der Waals surface area contributed by atoms with Crippen molar-refractivity contribution in [2.45, 2.75) is 12.1 Å². The van der Waals surface area contributed by atoms with Gasteiger partial charge in [-0.25, -0.2) is 14.8 Å². The minimum Gasteiger partial charge on any atom is -0.478 e. The quantitative estimate of drug-likeness (QED) is 0.587. The fourth-order valence-corrected chi connectivity index (χ4v) is 4.53. The number of hydrogen-bond acceptors (Lipinski definition) is 6. The highest BCUT2D eigenvalue weighted by Crippen LogP contribution is 2.47. The molecule has 3 atom stereocenters. The summed E-state index contributed by atoms with van der Waals surface area (Å²) in [5, 5.41) is 10.8. The number of imide groups is 1. The molecule has 3 aromatic carbocycles. The van der Waals surface area contributed by atoms with Crippen molar-refractivity contribution in [3.8, 4) is 0 Å². The van der Waals surface area contributed by atoms with E-state index in [1.54, 1.807) is 5.06 Å². The maximum Gasteiger partial charge on any atom is 0.335 e. The van der Waals surface area contributed by atoms with Crippen molar-refractivity contribution in [1.82, 2.24) is 0 Å². The standard InChI is InChI=1S/C26H23N3O5/c1-27(2)18-12-8-16(9-13-18)22-21-23(34-29(22)20-6-4-3-5-7-20)25(31)28(24(21)30)19-14-10-17(11-15-19)26(32)33/h3-15,21-23H,1-2H3,(H,32,33)/t21-,22+,23-/m0/s1. The van der Waals surface area contributed by atoms with E-state index in [0.717, 1.165) is 21.8 Å². The third-order valence-corrected chi connectivity index (χ3v) is 6.25. The Morgan fingerprint density at radius 3 is 2.09 bits per heavy atom. The highest BCUT2D eigenvalue weighted by Gasteiger charge is 2.60. The zero-order chi connectivity index (χ0) is 24.0. The highest BCUT2D eigenvalue weighted by atomic mass is 16.7. The molecule has 2 aliphatic rings. The molecule has 2 heterocycles.